The van der Waals surface area contributed by atoms with Gasteiger partial charge in [-0.25, -0.2) is 9.59 Å². The summed E-state index contributed by atoms with van der Waals surface area (Å²) in [6, 6.07) is 13.0. The van der Waals surface area contributed by atoms with Gasteiger partial charge in [-0.2, -0.15) is 0 Å². The number of ether oxygens (including phenoxy) is 3. The van der Waals surface area contributed by atoms with Gasteiger partial charge in [-0.3, -0.25) is 4.79 Å². The summed E-state index contributed by atoms with van der Waals surface area (Å²) in [5.74, 6) is -3.52. The SMILES string of the molecule is COc1cccc(-c2ccc(CCCC(C(=O)NC(C(=O)O)C(C)(C)C)C3OC(C)(C)OC3=O)cc2C)c1. The minimum absolute atomic E-state index is 0.328. The van der Waals surface area contributed by atoms with Crippen LogP contribution in [-0.4, -0.2) is 48.0 Å². The number of carboxylic acid groups (broad SMARTS) is 1. The van der Waals surface area contributed by atoms with Crippen LogP contribution < -0.4 is 10.1 Å². The average molecular weight is 526 g/mol. The van der Waals surface area contributed by atoms with Crippen molar-refractivity contribution in [1.29, 1.82) is 0 Å². The fraction of sp³-hybridized carbons (Fsp3) is 0.500. The molecule has 3 atom stereocenters. The molecular formula is C30H39NO7. The summed E-state index contributed by atoms with van der Waals surface area (Å²) in [6.07, 6.45) is 0.498. The number of methoxy groups -OCH3 is 1. The van der Waals surface area contributed by atoms with Gasteiger partial charge in [-0.1, -0.05) is 51.1 Å². The first-order chi connectivity index (χ1) is 17.7. The number of carboxylic acids is 1. The average Bonchev–Trinajstić information content (AvgIpc) is 3.10. The highest BCUT2D eigenvalue weighted by atomic mass is 16.8. The van der Waals surface area contributed by atoms with E-state index in [1.165, 1.54) is 0 Å². The highest BCUT2D eigenvalue weighted by Gasteiger charge is 2.48. The van der Waals surface area contributed by atoms with Gasteiger partial charge in [0.2, 0.25) is 11.7 Å². The Morgan fingerprint density at radius 2 is 1.87 bits per heavy atom. The first-order valence-electron chi connectivity index (χ1n) is 12.9. The third-order valence-corrected chi connectivity index (χ3v) is 6.74. The van der Waals surface area contributed by atoms with Crippen molar-refractivity contribution in [1.82, 2.24) is 5.32 Å². The molecule has 2 N–H and O–H groups in total. The molecule has 0 bridgehead atoms. The Bertz CT molecular complexity index is 1180. The van der Waals surface area contributed by atoms with E-state index >= 15 is 0 Å². The Kier molecular flexibility index (Phi) is 8.87. The van der Waals surface area contributed by atoms with Crippen molar-refractivity contribution < 1.29 is 33.7 Å². The molecule has 1 heterocycles. The molecule has 3 rings (SSSR count). The van der Waals surface area contributed by atoms with E-state index in [1.807, 2.05) is 24.3 Å². The van der Waals surface area contributed by atoms with Crippen molar-refractivity contribution in [2.24, 2.45) is 11.3 Å². The number of rotatable bonds is 10. The van der Waals surface area contributed by atoms with Crippen molar-refractivity contribution in [3.8, 4) is 16.9 Å². The molecule has 206 valence electrons. The quantitative estimate of drug-likeness (QED) is 0.424. The third-order valence-electron chi connectivity index (χ3n) is 6.74. The van der Waals surface area contributed by atoms with Crippen LogP contribution in [0.4, 0.5) is 0 Å². The number of aliphatic carboxylic acids is 1. The van der Waals surface area contributed by atoms with E-state index in [0.717, 1.165) is 28.0 Å². The number of hydrogen-bond donors (Lipinski definition) is 2. The van der Waals surface area contributed by atoms with Gasteiger partial charge in [0.05, 0.1) is 13.0 Å². The third kappa shape index (κ3) is 7.13. The summed E-state index contributed by atoms with van der Waals surface area (Å²) in [5, 5.41) is 12.3. The van der Waals surface area contributed by atoms with Crippen LogP contribution in [0.15, 0.2) is 42.5 Å². The van der Waals surface area contributed by atoms with Crippen molar-refractivity contribution in [2.45, 2.75) is 78.7 Å². The molecule has 8 nitrogen and oxygen atoms in total. The molecule has 0 aliphatic carbocycles. The summed E-state index contributed by atoms with van der Waals surface area (Å²) in [4.78, 5) is 37.8. The molecule has 1 amide bonds. The predicted molar refractivity (Wildman–Crippen MR) is 144 cm³/mol. The van der Waals surface area contributed by atoms with Gasteiger partial charge < -0.3 is 24.6 Å². The predicted octanol–water partition coefficient (Wildman–Crippen LogP) is 4.90. The van der Waals surface area contributed by atoms with Gasteiger partial charge in [0.1, 0.15) is 11.8 Å². The second kappa shape index (κ2) is 11.6. The highest BCUT2D eigenvalue weighted by molar-refractivity contribution is 5.90. The van der Waals surface area contributed by atoms with Crippen molar-refractivity contribution in [2.75, 3.05) is 7.11 Å². The summed E-state index contributed by atoms with van der Waals surface area (Å²) in [7, 11) is 1.64. The fourth-order valence-electron chi connectivity index (χ4n) is 4.76. The first-order valence-corrected chi connectivity index (χ1v) is 12.9. The molecule has 0 spiro atoms. The number of aryl methyl sites for hydroxylation is 2. The van der Waals surface area contributed by atoms with E-state index in [2.05, 4.69) is 30.4 Å². The normalized spacial score (nSPS) is 18.4. The number of hydrogen-bond acceptors (Lipinski definition) is 6. The van der Waals surface area contributed by atoms with Crippen LogP contribution in [0.2, 0.25) is 0 Å². The Morgan fingerprint density at radius 1 is 1.16 bits per heavy atom. The van der Waals surface area contributed by atoms with E-state index in [1.54, 1.807) is 41.7 Å². The zero-order chi connectivity index (χ0) is 28.3. The maximum Gasteiger partial charge on any atom is 0.338 e. The Hall–Kier alpha value is -3.39. The van der Waals surface area contributed by atoms with E-state index in [0.29, 0.717) is 19.3 Å². The number of esters is 1. The maximum atomic E-state index is 13.3. The molecule has 0 saturated carbocycles. The highest BCUT2D eigenvalue weighted by Crippen LogP contribution is 2.32. The molecule has 1 aliphatic rings. The molecule has 1 saturated heterocycles. The largest absolute Gasteiger partial charge is 0.497 e. The smallest absolute Gasteiger partial charge is 0.338 e. The lowest BCUT2D eigenvalue weighted by molar-refractivity contribution is -0.162. The van der Waals surface area contributed by atoms with E-state index in [4.69, 9.17) is 14.2 Å². The molecule has 2 aromatic carbocycles. The lowest BCUT2D eigenvalue weighted by Gasteiger charge is -2.30. The zero-order valence-corrected chi connectivity index (χ0v) is 23.3. The second-order valence-corrected chi connectivity index (χ2v) is 11.4. The van der Waals surface area contributed by atoms with Crippen molar-refractivity contribution >= 4 is 17.8 Å². The van der Waals surface area contributed by atoms with Gasteiger partial charge in [0.25, 0.3) is 0 Å². The Balaban J connectivity index is 1.75. The molecule has 8 heteroatoms. The summed E-state index contributed by atoms with van der Waals surface area (Å²) < 4.78 is 16.4. The minimum Gasteiger partial charge on any atom is -0.497 e. The van der Waals surface area contributed by atoms with Crippen LogP contribution >= 0.6 is 0 Å². The van der Waals surface area contributed by atoms with Crippen LogP contribution in [0, 0.1) is 18.3 Å². The van der Waals surface area contributed by atoms with Gasteiger partial charge in [-0.05, 0) is 66.0 Å². The van der Waals surface area contributed by atoms with Crippen molar-refractivity contribution in [3.63, 3.8) is 0 Å². The van der Waals surface area contributed by atoms with E-state index in [-0.39, 0.29) is 0 Å². The van der Waals surface area contributed by atoms with Crippen LogP contribution in [0.5, 0.6) is 5.75 Å². The molecular weight excluding hydrogens is 486 g/mol. The number of carbonyl (C=O) groups is 3. The molecule has 2 aromatic rings. The fourth-order valence-corrected chi connectivity index (χ4v) is 4.76. The molecule has 0 aromatic heterocycles. The monoisotopic (exact) mass is 525 g/mol. The van der Waals surface area contributed by atoms with Gasteiger partial charge in [0, 0.05) is 13.8 Å². The number of nitrogens with one attached hydrogen (secondary N) is 1. The number of benzene rings is 2. The van der Waals surface area contributed by atoms with E-state index < -0.39 is 47.1 Å². The first kappa shape index (κ1) is 29.2. The van der Waals surface area contributed by atoms with E-state index in [9.17, 15) is 19.5 Å². The molecule has 1 fully saturated rings. The van der Waals surface area contributed by atoms with Crippen LogP contribution in [0.3, 0.4) is 0 Å². The molecule has 0 radical (unpaired) electrons. The number of amides is 1. The van der Waals surface area contributed by atoms with Gasteiger partial charge in [0.15, 0.2) is 6.10 Å². The van der Waals surface area contributed by atoms with Gasteiger partial charge in [-0.15, -0.1) is 0 Å². The van der Waals surface area contributed by atoms with Crippen molar-refractivity contribution in [3.05, 3.63) is 53.6 Å². The zero-order valence-electron chi connectivity index (χ0n) is 23.3. The molecule has 3 unspecified atom stereocenters. The van der Waals surface area contributed by atoms with Crippen LogP contribution in [-0.2, 0) is 30.3 Å². The minimum atomic E-state index is -1.15. The van der Waals surface area contributed by atoms with Crippen LogP contribution in [0.1, 0.15) is 58.6 Å². The second-order valence-electron chi connectivity index (χ2n) is 11.4. The van der Waals surface area contributed by atoms with Gasteiger partial charge >= 0.3 is 11.9 Å². The standard InChI is InChI=1S/C30H39NO7/c1-18-16-19(14-15-22(18)20-11-9-12-21(17-20)36-7)10-8-13-23(24-28(35)38-30(5,6)37-24)26(32)31-25(27(33)34)29(2,3)4/h9,11-12,14-17,23-25H,8,10,13H2,1-7H3,(H,31,32)(H,33,34). The maximum absolute atomic E-state index is 13.3. The Labute approximate surface area is 224 Å². The number of cyclic esters (lactones) is 1. The topological polar surface area (TPSA) is 111 Å². The summed E-state index contributed by atoms with van der Waals surface area (Å²) in [5.41, 5.74) is 3.67. The lowest BCUT2D eigenvalue weighted by atomic mass is 9.85. The Morgan fingerprint density at radius 3 is 2.42 bits per heavy atom. The van der Waals surface area contributed by atoms with Crippen LogP contribution in [0.25, 0.3) is 11.1 Å². The number of carbonyl (C=O) groups excluding carboxylic acids is 2. The lowest BCUT2D eigenvalue weighted by Crippen LogP contribution is -2.52. The summed E-state index contributed by atoms with van der Waals surface area (Å²) in [6.45, 7) is 10.5. The molecule has 1 aliphatic heterocycles. The molecule has 38 heavy (non-hydrogen) atoms. The summed E-state index contributed by atoms with van der Waals surface area (Å²) >= 11 is 0.